The highest BCUT2D eigenvalue weighted by Gasteiger charge is 2.40. The van der Waals surface area contributed by atoms with E-state index in [4.69, 9.17) is 14.2 Å². The van der Waals surface area contributed by atoms with Gasteiger partial charge in [0.2, 0.25) is 5.91 Å². The van der Waals surface area contributed by atoms with Crippen molar-refractivity contribution in [2.75, 3.05) is 27.3 Å². The molecule has 0 aliphatic carbocycles. The molecule has 0 aromatic rings. The van der Waals surface area contributed by atoms with Crippen LogP contribution in [0.3, 0.4) is 0 Å². The van der Waals surface area contributed by atoms with E-state index in [1.807, 2.05) is 0 Å². The van der Waals surface area contributed by atoms with Gasteiger partial charge in [-0.25, -0.2) is 9.59 Å². The molecule has 8 nitrogen and oxygen atoms in total. The third-order valence-corrected chi connectivity index (χ3v) is 3.17. The predicted octanol–water partition coefficient (Wildman–Crippen LogP) is 0.300. The molecule has 1 aliphatic heterocycles. The third-order valence-electron chi connectivity index (χ3n) is 3.17. The van der Waals surface area contributed by atoms with E-state index in [0.29, 0.717) is 6.42 Å². The summed E-state index contributed by atoms with van der Waals surface area (Å²) < 4.78 is 14.9. The Bertz CT molecular complexity index is 432. The summed E-state index contributed by atoms with van der Waals surface area (Å²) in [6, 6.07) is -0.692. The summed E-state index contributed by atoms with van der Waals surface area (Å²) in [6.07, 6.45) is -0.533. The zero-order valence-electron chi connectivity index (χ0n) is 13.7. The van der Waals surface area contributed by atoms with Crippen molar-refractivity contribution in [2.24, 2.45) is 0 Å². The summed E-state index contributed by atoms with van der Waals surface area (Å²) in [5.74, 6) is -0.883. The number of ether oxygens (including phenoxy) is 3. The number of methoxy groups -OCH3 is 2. The zero-order chi connectivity index (χ0) is 16.9. The highest BCUT2D eigenvalue weighted by Crippen LogP contribution is 2.21. The van der Waals surface area contributed by atoms with Crippen molar-refractivity contribution in [2.45, 2.75) is 44.9 Å². The lowest BCUT2D eigenvalue weighted by atomic mass is 10.2. The van der Waals surface area contributed by atoms with E-state index >= 15 is 0 Å². The maximum atomic E-state index is 12.2. The molecule has 2 amide bonds. The van der Waals surface area contributed by atoms with E-state index in [-0.39, 0.29) is 25.1 Å². The minimum Gasteiger partial charge on any atom is -0.467 e. The summed E-state index contributed by atoms with van der Waals surface area (Å²) >= 11 is 0. The smallest absolute Gasteiger partial charge is 0.408 e. The monoisotopic (exact) mass is 316 g/mol. The summed E-state index contributed by atoms with van der Waals surface area (Å²) in [7, 11) is 2.79. The molecule has 0 aromatic carbocycles. The van der Waals surface area contributed by atoms with Gasteiger partial charge in [0, 0.05) is 20.1 Å². The first-order valence-corrected chi connectivity index (χ1v) is 7.05. The van der Waals surface area contributed by atoms with Crippen LogP contribution in [0.15, 0.2) is 0 Å². The SMILES string of the molecule is COC(=O)C1CC(OC)CN1C(=O)CNC(=O)OC(C)(C)C. The second kappa shape index (κ2) is 7.44. The number of carbonyl (C=O) groups is 3. The molecular weight excluding hydrogens is 292 g/mol. The largest absolute Gasteiger partial charge is 0.467 e. The fraction of sp³-hybridized carbons (Fsp3) is 0.786. The molecule has 0 spiro atoms. The molecule has 1 heterocycles. The maximum absolute atomic E-state index is 12.2. The fourth-order valence-electron chi connectivity index (χ4n) is 2.17. The molecule has 1 fully saturated rings. The number of hydrogen-bond donors (Lipinski definition) is 1. The Morgan fingerprint density at radius 2 is 1.86 bits per heavy atom. The topological polar surface area (TPSA) is 94.2 Å². The van der Waals surface area contributed by atoms with Crippen molar-refractivity contribution in [1.29, 1.82) is 0 Å². The van der Waals surface area contributed by atoms with Gasteiger partial charge in [-0.15, -0.1) is 0 Å². The fourth-order valence-corrected chi connectivity index (χ4v) is 2.17. The van der Waals surface area contributed by atoms with Crippen LogP contribution in [0.5, 0.6) is 0 Å². The molecule has 1 rings (SSSR count). The van der Waals surface area contributed by atoms with Crippen LogP contribution in [0.4, 0.5) is 4.79 Å². The molecule has 2 unspecified atom stereocenters. The lowest BCUT2D eigenvalue weighted by molar-refractivity contribution is -0.150. The van der Waals surface area contributed by atoms with Crippen LogP contribution in [0.1, 0.15) is 27.2 Å². The minimum atomic E-state index is -0.692. The van der Waals surface area contributed by atoms with Gasteiger partial charge < -0.3 is 24.4 Å². The van der Waals surface area contributed by atoms with Gasteiger partial charge >= 0.3 is 12.1 Å². The van der Waals surface area contributed by atoms with Crippen molar-refractivity contribution < 1.29 is 28.6 Å². The van der Waals surface area contributed by atoms with Crippen molar-refractivity contribution >= 4 is 18.0 Å². The zero-order valence-corrected chi connectivity index (χ0v) is 13.7. The van der Waals surface area contributed by atoms with Crippen LogP contribution in [0.2, 0.25) is 0 Å². The molecule has 2 atom stereocenters. The van der Waals surface area contributed by atoms with Crippen LogP contribution >= 0.6 is 0 Å². The first-order valence-electron chi connectivity index (χ1n) is 7.05. The Kier molecular flexibility index (Phi) is 6.16. The lowest BCUT2D eigenvalue weighted by Crippen LogP contribution is -2.46. The van der Waals surface area contributed by atoms with E-state index < -0.39 is 23.7 Å². The van der Waals surface area contributed by atoms with Gasteiger partial charge in [0.25, 0.3) is 0 Å². The van der Waals surface area contributed by atoms with Gasteiger partial charge in [-0.05, 0) is 20.8 Å². The Morgan fingerprint density at radius 1 is 1.23 bits per heavy atom. The van der Waals surface area contributed by atoms with Gasteiger partial charge in [-0.3, -0.25) is 4.79 Å². The van der Waals surface area contributed by atoms with Crippen molar-refractivity contribution in [3.63, 3.8) is 0 Å². The molecule has 1 saturated heterocycles. The van der Waals surface area contributed by atoms with Gasteiger partial charge in [0.1, 0.15) is 18.2 Å². The molecule has 0 radical (unpaired) electrons. The molecule has 1 N–H and O–H groups in total. The van der Waals surface area contributed by atoms with Gasteiger partial charge in [0.15, 0.2) is 0 Å². The molecule has 1 aliphatic rings. The van der Waals surface area contributed by atoms with Gasteiger partial charge in [-0.1, -0.05) is 0 Å². The second-order valence-electron chi connectivity index (χ2n) is 6.03. The van der Waals surface area contributed by atoms with Crippen LogP contribution in [0, 0.1) is 0 Å². The van der Waals surface area contributed by atoms with Crippen LogP contribution in [-0.2, 0) is 23.8 Å². The first-order chi connectivity index (χ1) is 10.2. The highest BCUT2D eigenvalue weighted by atomic mass is 16.6. The van der Waals surface area contributed by atoms with Crippen molar-refractivity contribution in [3.8, 4) is 0 Å². The van der Waals surface area contributed by atoms with E-state index in [0.717, 1.165) is 0 Å². The molecule has 0 saturated carbocycles. The maximum Gasteiger partial charge on any atom is 0.408 e. The van der Waals surface area contributed by atoms with Crippen molar-refractivity contribution in [1.82, 2.24) is 10.2 Å². The molecule has 22 heavy (non-hydrogen) atoms. The number of rotatable bonds is 4. The number of esters is 1. The van der Waals surface area contributed by atoms with E-state index in [1.165, 1.54) is 19.1 Å². The van der Waals surface area contributed by atoms with Crippen molar-refractivity contribution in [3.05, 3.63) is 0 Å². The average molecular weight is 316 g/mol. The molecule has 0 bridgehead atoms. The Hall–Kier alpha value is -1.83. The van der Waals surface area contributed by atoms with Crippen LogP contribution in [0.25, 0.3) is 0 Å². The molecular formula is C14H24N2O6. The number of nitrogens with one attached hydrogen (secondary N) is 1. The third kappa shape index (κ3) is 5.18. The summed E-state index contributed by atoms with van der Waals surface area (Å²) in [6.45, 7) is 5.21. The van der Waals surface area contributed by atoms with E-state index in [1.54, 1.807) is 20.8 Å². The average Bonchev–Trinajstić information content (AvgIpc) is 2.86. The number of alkyl carbamates (subject to hydrolysis) is 1. The van der Waals surface area contributed by atoms with Crippen LogP contribution < -0.4 is 5.32 Å². The van der Waals surface area contributed by atoms with Crippen LogP contribution in [-0.4, -0.2) is 67.9 Å². The number of likely N-dealkylation sites (tertiary alicyclic amines) is 1. The Balaban J connectivity index is 2.59. The summed E-state index contributed by atoms with van der Waals surface area (Å²) in [5.41, 5.74) is -0.642. The standard InChI is InChI=1S/C14H24N2O6/c1-14(2,3)22-13(19)15-7-11(17)16-8-9(20-4)6-10(16)12(18)21-5/h9-10H,6-8H2,1-5H3,(H,15,19). The number of nitrogens with zero attached hydrogens (tertiary/aromatic N) is 1. The van der Waals surface area contributed by atoms with E-state index in [9.17, 15) is 14.4 Å². The molecule has 0 aromatic heterocycles. The number of carbonyl (C=O) groups excluding carboxylic acids is 3. The van der Waals surface area contributed by atoms with Gasteiger partial charge in [0.05, 0.1) is 13.2 Å². The minimum absolute atomic E-state index is 0.227. The molecule has 126 valence electrons. The second-order valence-corrected chi connectivity index (χ2v) is 6.03. The quantitative estimate of drug-likeness (QED) is 0.750. The number of hydrogen-bond acceptors (Lipinski definition) is 6. The van der Waals surface area contributed by atoms with Gasteiger partial charge in [-0.2, -0.15) is 0 Å². The summed E-state index contributed by atoms with van der Waals surface area (Å²) in [5, 5.41) is 2.38. The van der Waals surface area contributed by atoms with E-state index in [2.05, 4.69) is 5.32 Å². The summed E-state index contributed by atoms with van der Waals surface area (Å²) in [4.78, 5) is 36.8. The number of amides is 2. The molecule has 8 heteroatoms. The lowest BCUT2D eigenvalue weighted by Gasteiger charge is -2.23. The Labute approximate surface area is 130 Å². The Morgan fingerprint density at radius 3 is 2.36 bits per heavy atom. The normalized spacial score (nSPS) is 21.4. The first kappa shape index (κ1) is 18.2. The predicted molar refractivity (Wildman–Crippen MR) is 77.2 cm³/mol. The highest BCUT2D eigenvalue weighted by molar-refractivity contribution is 5.88.